The zero-order valence-corrected chi connectivity index (χ0v) is 20.9. The number of hydrogen-bond acceptors (Lipinski definition) is 10. The molecule has 2 aliphatic rings. The summed E-state index contributed by atoms with van der Waals surface area (Å²) < 4.78 is 37.0. The molecule has 0 saturated carbocycles. The molecule has 0 aromatic carbocycles. The van der Waals surface area contributed by atoms with Crippen LogP contribution < -0.4 is 9.64 Å². The maximum atomic E-state index is 11.8. The monoisotopic (exact) mass is 504 g/mol. The van der Waals surface area contributed by atoms with Gasteiger partial charge in [-0.05, 0) is 12.1 Å². The van der Waals surface area contributed by atoms with Crippen LogP contribution in [0.3, 0.4) is 0 Å². The third-order valence-corrected chi connectivity index (χ3v) is 8.51. The number of ether oxygens (including phenoxy) is 2. The number of aromatic nitrogens is 3. The van der Waals surface area contributed by atoms with E-state index in [-0.39, 0.29) is 0 Å². The fraction of sp³-hybridized carbons (Fsp3) is 0.500. The molecule has 0 radical (unpaired) electrons. The average Bonchev–Trinajstić information content (AvgIpc) is 3.26. The van der Waals surface area contributed by atoms with Crippen LogP contribution in [0.1, 0.15) is 4.88 Å². The molecule has 0 bridgehead atoms. The summed E-state index contributed by atoms with van der Waals surface area (Å²) in [5, 5.41) is 0. The second kappa shape index (κ2) is 9.70. The summed E-state index contributed by atoms with van der Waals surface area (Å²) in [5.41, 5.74) is 1.75. The smallest absolute Gasteiger partial charge is 0.212 e. The van der Waals surface area contributed by atoms with E-state index < -0.39 is 10.0 Å². The number of morpholine rings is 1. The first kappa shape index (κ1) is 23.4. The molecule has 3 aromatic heterocycles. The summed E-state index contributed by atoms with van der Waals surface area (Å²) in [6, 6.07) is 5.87. The van der Waals surface area contributed by atoms with Gasteiger partial charge in [0.25, 0.3) is 0 Å². The Balaban J connectivity index is 1.44. The summed E-state index contributed by atoms with van der Waals surface area (Å²) in [7, 11) is -1.54. The maximum absolute atomic E-state index is 11.8. The second-order valence-corrected chi connectivity index (χ2v) is 11.5. The van der Waals surface area contributed by atoms with Gasteiger partial charge in [-0.3, -0.25) is 4.90 Å². The highest BCUT2D eigenvalue weighted by Crippen LogP contribution is 2.35. The van der Waals surface area contributed by atoms with Crippen molar-refractivity contribution >= 4 is 37.4 Å². The lowest BCUT2D eigenvalue weighted by atomic mass is 10.2. The lowest BCUT2D eigenvalue weighted by Crippen LogP contribution is -2.47. The second-order valence-electron chi connectivity index (χ2n) is 8.42. The van der Waals surface area contributed by atoms with E-state index in [1.165, 1.54) is 11.1 Å². The van der Waals surface area contributed by atoms with Crippen LogP contribution in [0.5, 0.6) is 5.88 Å². The first-order valence-corrected chi connectivity index (χ1v) is 13.9. The van der Waals surface area contributed by atoms with E-state index in [9.17, 15) is 8.42 Å². The third kappa shape index (κ3) is 5.01. The molecule has 0 atom stereocenters. The average molecular weight is 505 g/mol. The largest absolute Gasteiger partial charge is 0.481 e. The van der Waals surface area contributed by atoms with Crippen LogP contribution in [0.2, 0.25) is 0 Å². The van der Waals surface area contributed by atoms with Crippen LogP contribution in [0, 0.1) is 0 Å². The Morgan fingerprint density at radius 3 is 2.50 bits per heavy atom. The number of nitrogens with zero attached hydrogens (tertiary/aromatic N) is 6. The highest BCUT2D eigenvalue weighted by atomic mass is 32.2. The quantitative estimate of drug-likeness (QED) is 0.496. The van der Waals surface area contributed by atoms with Crippen molar-refractivity contribution < 1.29 is 17.9 Å². The highest BCUT2D eigenvalue weighted by Gasteiger charge is 2.25. The normalized spacial score (nSPS) is 18.5. The first-order valence-electron chi connectivity index (χ1n) is 11.2. The Bertz CT molecular complexity index is 1250. The summed E-state index contributed by atoms with van der Waals surface area (Å²) >= 11 is 1.71. The van der Waals surface area contributed by atoms with Crippen LogP contribution in [0.4, 0.5) is 5.82 Å². The molecule has 0 aliphatic carbocycles. The van der Waals surface area contributed by atoms with E-state index in [1.54, 1.807) is 28.9 Å². The Hall–Kier alpha value is -2.38. The van der Waals surface area contributed by atoms with E-state index in [0.717, 1.165) is 41.2 Å². The number of piperazine rings is 1. The van der Waals surface area contributed by atoms with E-state index >= 15 is 0 Å². The fourth-order valence-electron chi connectivity index (χ4n) is 4.23. The first-order chi connectivity index (χ1) is 16.4. The van der Waals surface area contributed by atoms with Gasteiger partial charge in [0, 0.05) is 68.5 Å². The highest BCUT2D eigenvalue weighted by molar-refractivity contribution is 7.88. The SMILES string of the molecule is COc1ccc(-c2nc(N3CCOCC3)c3sc(CN4CCN(S(C)(=O)=O)CC4)cc3n2)cn1. The number of pyridine rings is 1. The van der Waals surface area contributed by atoms with Crippen molar-refractivity contribution in [3.8, 4) is 17.3 Å². The summed E-state index contributed by atoms with van der Waals surface area (Å²) in [4.78, 5) is 19.9. The zero-order valence-electron chi connectivity index (χ0n) is 19.3. The molecule has 0 N–H and O–H groups in total. The predicted octanol–water partition coefficient (Wildman–Crippen LogP) is 1.68. The minimum Gasteiger partial charge on any atom is -0.481 e. The standard InChI is InChI=1S/C22H28N6O4S2/c1-31-19-4-3-16(14-23-19)21-24-18-13-17(15-26-5-7-28(8-6-26)34(2,29)30)33-20(18)22(25-21)27-9-11-32-12-10-27/h3-4,13-14H,5-12,15H2,1-2H3. The Labute approximate surface area is 203 Å². The number of anilines is 1. The number of methoxy groups -OCH3 is 1. The molecule has 34 heavy (non-hydrogen) atoms. The molecule has 3 aromatic rings. The van der Waals surface area contributed by atoms with Gasteiger partial charge < -0.3 is 14.4 Å². The minimum absolute atomic E-state index is 0.525. The van der Waals surface area contributed by atoms with Crippen molar-refractivity contribution in [3.63, 3.8) is 0 Å². The van der Waals surface area contributed by atoms with Gasteiger partial charge in [-0.1, -0.05) is 0 Å². The van der Waals surface area contributed by atoms with Crippen LogP contribution in [0.25, 0.3) is 21.6 Å². The molecular weight excluding hydrogens is 476 g/mol. The van der Waals surface area contributed by atoms with E-state index in [0.29, 0.717) is 51.1 Å². The molecule has 182 valence electrons. The van der Waals surface area contributed by atoms with E-state index in [4.69, 9.17) is 19.4 Å². The van der Waals surface area contributed by atoms with Crippen molar-refractivity contribution in [3.05, 3.63) is 29.3 Å². The van der Waals surface area contributed by atoms with E-state index in [2.05, 4.69) is 20.9 Å². The fourth-order valence-corrected chi connectivity index (χ4v) is 6.22. The maximum Gasteiger partial charge on any atom is 0.212 e. The van der Waals surface area contributed by atoms with Gasteiger partial charge in [0.05, 0.1) is 36.8 Å². The molecule has 2 fully saturated rings. The van der Waals surface area contributed by atoms with Crippen LogP contribution in [-0.4, -0.2) is 98.4 Å². The molecular formula is C22H28N6O4S2. The van der Waals surface area contributed by atoms with Crippen LogP contribution >= 0.6 is 11.3 Å². The number of fused-ring (bicyclic) bond motifs is 1. The molecule has 0 unspecified atom stereocenters. The molecule has 5 heterocycles. The molecule has 10 nitrogen and oxygen atoms in total. The van der Waals surface area contributed by atoms with E-state index in [1.807, 2.05) is 12.1 Å². The van der Waals surface area contributed by atoms with Crippen LogP contribution in [0.15, 0.2) is 24.4 Å². The van der Waals surface area contributed by atoms with Gasteiger partial charge in [-0.2, -0.15) is 4.31 Å². The lowest BCUT2D eigenvalue weighted by Gasteiger charge is -2.32. The lowest BCUT2D eigenvalue weighted by molar-refractivity contribution is 0.122. The predicted molar refractivity (Wildman–Crippen MR) is 132 cm³/mol. The Morgan fingerprint density at radius 1 is 1.09 bits per heavy atom. The number of sulfonamides is 1. The molecule has 0 spiro atoms. The minimum atomic E-state index is -3.13. The number of hydrogen-bond donors (Lipinski definition) is 0. The topological polar surface area (TPSA) is 101 Å². The third-order valence-electron chi connectivity index (χ3n) is 6.10. The van der Waals surface area contributed by atoms with Gasteiger partial charge in [-0.25, -0.2) is 23.4 Å². The van der Waals surface area contributed by atoms with Crippen molar-refractivity contribution in [2.75, 3.05) is 70.7 Å². The Kier molecular flexibility index (Phi) is 6.67. The zero-order chi connectivity index (χ0) is 23.7. The van der Waals surface area contributed by atoms with Gasteiger partial charge in [-0.15, -0.1) is 11.3 Å². The molecule has 12 heteroatoms. The molecule has 0 amide bonds. The van der Waals surface area contributed by atoms with Crippen molar-refractivity contribution in [2.24, 2.45) is 0 Å². The Morgan fingerprint density at radius 2 is 1.85 bits per heavy atom. The van der Waals surface area contributed by atoms with Crippen molar-refractivity contribution in [1.29, 1.82) is 0 Å². The molecule has 2 aliphatic heterocycles. The van der Waals surface area contributed by atoms with Gasteiger partial charge >= 0.3 is 0 Å². The number of thiophene rings is 1. The summed E-state index contributed by atoms with van der Waals surface area (Å²) in [5.74, 6) is 2.11. The summed E-state index contributed by atoms with van der Waals surface area (Å²) in [6.07, 6.45) is 3.01. The summed E-state index contributed by atoms with van der Waals surface area (Å²) in [6.45, 7) is 6.16. The van der Waals surface area contributed by atoms with Crippen LogP contribution in [-0.2, 0) is 21.3 Å². The number of rotatable bonds is 6. The van der Waals surface area contributed by atoms with Crippen molar-refractivity contribution in [1.82, 2.24) is 24.2 Å². The van der Waals surface area contributed by atoms with Crippen molar-refractivity contribution in [2.45, 2.75) is 6.54 Å². The van der Waals surface area contributed by atoms with Gasteiger partial charge in [0.1, 0.15) is 0 Å². The molecule has 2 saturated heterocycles. The van der Waals surface area contributed by atoms with Gasteiger partial charge in [0.15, 0.2) is 11.6 Å². The molecule has 5 rings (SSSR count). The van der Waals surface area contributed by atoms with Gasteiger partial charge in [0.2, 0.25) is 15.9 Å².